The largest absolute Gasteiger partial charge is 0.385 e. The van der Waals surface area contributed by atoms with Crippen LogP contribution in [0.1, 0.15) is 77.0 Å². The molecule has 2 aliphatic rings. The summed E-state index contributed by atoms with van der Waals surface area (Å²) in [5.41, 5.74) is 0. The molecule has 0 radical (unpaired) electrons. The molecule has 0 aromatic heterocycles. The van der Waals surface area contributed by atoms with E-state index in [0.29, 0.717) is 0 Å². The Labute approximate surface area is 126 Å². The first-order chi connectivity index (χ1) is 9.92. The van der Waals surface area contributed by atoms with Crippen molar-refractivity contribution in [2.45, 2.75) is 83.1 Å². The van der Waals surface area contributed by atoms with Crippen LogP contribution in [0.15, 0.2) is 0 Å². The fourth-order valence-corrected chi connectivity index (χ4v) is 4.38. The summed E-state index contributed by atoms with van der Waals surface area (Å²) in [6, 6.07) is 0.828. The van der Waals surface area contributed by atoms with Crippen LogP contribution >= 0.6 is 0 Å². The lowest BCUT2D eigenvalue weighted by atomic mass is 9.71. The molecule has 0 spiro atoms. The van der Waals surface area contributed by atoms with Crippen molar-refractivity contribution >= 4 is 0 Å². The molecular weight excluding hydrogens is 246 g/mol. The molecule has 2 unspecified atom stereocenters. The van der Waals surface area contributed by atoms with E-state index in [9.17, 15) is 0 Å². The van der Waals surface area contributed by atoms with Crippen LogP contribution < -0.4 is 5.32 Å². The second-order valence-electron chi connectivity index (χ2n) is 6.96. The lowest BCUT2D eigenvalue weighted by Crippen LogP contribution is -2.42. The van der Waals surface area contributed by atoms with Crippen LogP contribution in [0, 0.1) is 11.8 Å². The lowest BCUT2D eigenvalue weighted by molar-refractivity contribution is 0.149. The molecule has 0 amide bonds. The van der Waals surface area contributed by atoms with E-state index in [-0.39, 0.29) is 0 Å². The molecule has 0 aromatic rings. The maximum absolute atomic E-state index is 5.11. The van der Waals surface area contributed by atoms with Gasteiger partial charge >= 0.3 is 0 Å². The van der Waals surface area contributed by atoms with E-state index in [1.54, 1.807) is 7.11 Å². The summed E-state index contributed by atoms with van der Waals surface area (Å²) >= 11 is 0. The molecule has 118 valence electrons. The molecule has 0 aromatic carbocycles. The van der Waals surface area contributed by atoms with Gasteiger partial charge in [0.05, 0.1) is 0 Å². The van der Waals surface area contributed by atoms with Crippen LogP contribution in [0.2, 0.25) is 0 Å². The topological polar surface area (TPSA) is 21.3 Å². The van der Waals surface area contributed by atoms with Crippen LogP contribution in [0.25, 0.3) is 0 Å². The molecule has 1 N–H and O–H groups in total. The van der Waals surface area contributed by atoms with Gasteiger partial charge in [-0.15, -0.1) is 0 Å². The molecule has 2 heteroatoms. The van der Waals surface area contributed by atoms with Gasteiger partial charge in [0.25, 0.3) is 0 Å². The highest BCUT2D eigenvalue weighted by Crippen LogP contribution is 2.38. The Kier molecular flexibility index (Phi) is 7.97. The normalized spacial score (nSPS) is 28.6. The zero-order valence-corrected chi connectivity index (χ0v) is 13.5. The first-order valence-corrected chi connectivity index (χ1v) is 9.14. The third kappa shape index (κ3) is 5.37. The van der Waals surface area contributed by atoms with Crippen molar-refractivity contribution in [1.29, 1.82) is 0 Å². The van der Waals surface area contributed by atoms with Crippen molar-refractivity contribution < 1.29 is 4.74 Å². The highest BCUT2D eigenvalue weighted by atomic mass is 16.5. The number of hydrogen-bond donors (Lipinski definition) is 1. The van der Waals surface area contributed by atoms with Gasteiger partial charge in [-0.1, -0.05) is 44.9 Å². The van der Waals surface area contributed by atoms with Gasteiger partial charge in [0.2, 0.25) is 0 Å². The smallest absolute Gasteiger partial charge is 0.0462 e. The fourth-order valence-electron chi connectivity index (χ4n) is 4.38. The minimum absolute atomic E-state index is 0.828. The second kappa shape index (κ2) is 9.78. The van der Waals surface area contributed by atoms with E-state index in [2.05, 4.69) is 5.32 Å². The SMILES string of the molecule is COCCCCCNC1CCCCC1C1CCCCC1. The average molecular weight is 281 g/mol. The fraction of sp³-hybridized carbons (Fsp3) is 1.00. The number of ether oxygens (including phenoxy) is 1. The molecule has 2 nitrogen and oxygen atoms in total. The van der Waals surface area contributed by atoms with Crippen molar-refractivity contribution in [3.63, 3.8) is 0 Å². The summed E-state index contributed by atoms with van der Waals surface area (Å²) in [7, 11) is 1.80. The molecule has 2 aliphatic carbocycles. The van der Waals surface area contributed by atoms with Gasteiger partial charge in [-0.25, -0.2) is 0 Å². The van der Waals surface area contributed by atoms with Crippen LogP contribution in [-0.2, 0) is 4.74 Å². The van der Waals surface area contributed by atoms with E-state index >= 15 is 0 Å². The number of unbranched alkanes of at least 4 members (excludes halogenated alkanes) is 2. The van der Waals surface area contributed by atoms with Gasteiger partial charge < -0.3 is 10.1 Å². The van der Waals surface area contributed by atoms with Crippen LogP contribution in [0.4, 0.5) is 0 Å². The molecule has 0 saturated heterocycles. The Bertz CT molecular complexity index is 238. The Morgan fingerprint density at radius 1 is 0.850 bits per heavy atom. The summed E-state index contributed by atoms with van der Waals surface area (Å²) in [6.45, 7) is 2.14. The van der Waals surface area contributed by atoms with Crippen molar-refractivity contribution in [3.8, 4) is 0 Å². The zero-order chi connectivity index (χ0) is 14.0. The lowest BCUT2D eigenvalue weighted by Gasteiger charge is -2.39. The summed E-state index contributed by atoms with van der Waals surface area (Å²) < 4.78 is 5.11. The molecule has 2 rings (SSSR count). The third-order valence-corrected chi connectivity index (χ3v) is 5.51. The van der Waals surface area contributed by atoms with Crippen LogP contribution in [0.5, 0.6) is 0 Å². The van der Waals surface area contributed by atoms with E-state index in [4.69, 9.17) is 4.74 Å². The first kappa shape index (κ1) is 16.3. The van der Waals surface area contributed by atoms with Crippen LogP contribution in [-0.4, -0.2) is 26.3 Å². The monoisotopic (exact) mass is 281 g/mol. The van der Waals surface area contributed by atoms with E-state index in [0.717, 1.165) is 24.5 Å². The molecule has 0 heterocycles. The first-order valence-electron chi connectivity index (χ1n) is 9.14. The van der Waals surface area contributed by atoms with Gasteiger partial charge in [0.1, 0.15) is 0 Å². The third-order valence-electron chi connectivity index (χ3n) is 5.51. The Balaban J connectivity index is 1.67. The van der Waals surface area contributed by atoms with E-state index < -0.39 is 0 Å². The molecule has 0 aliphatic heterocycles. The highest BCUT2D eigenvalue weighted by molar-refractivity contribution is 4.86. The molecule has 0 bridgehead atoms. The Morgan fingerprint density at radius 2 is 1.60 bits per heavy atom. The second-order valence-corrected chi connectivity index (χ2v) is 6.96. The number of nitrogens with one attached hydrogen (secondary N) is 1. The molecule has 20 heavy (non-hydrogen) atoms. The number of hydrogen-bond acceptors (Lipinski definition) is 2. The predicted molar refractivity (Wildman–Crippen MR) is 86.1 cm³/mol. The van der Waals surface area contributed by atoms with E-state index in [1.165, 1.54) is 83.6 Å². The van der Waals surface area contributed by atoms with Crippen molar-refractivity contribution in [1.82, 2.24) is 5.32 Å². The molecular formula is C18H35NO. The van der Waals surface area contributed by atoms with Crippen molar-refractivity contribution in [2.24, 2.45) is 11.8 Å². The van der Waals surface area contributed by atoms with Gasteiger partial charge in [0.15, 0.2) is 0 Å². The van der Waals surface area contributed by atoms with Gasteiger partial charge in [-0.2, -0.15) is 0 Å². The van der Waals surface area contributed by atoms with Crippen molar-refractivity contribution in [3.05, 3.63) is 0 Å². The summed E-state index contributed by atoms with van der Waals surface area (Å²) in [4.78, 5) is 0. The summed E-state index contributed by atoms with van der Waals surface area (Å²) in [5, 5.41) is 3.91. The quantitative estimate of drug-likeness (QED) is 0.660. The molecule has 2 atom stereocenters. The maximum atomic E-state index is 5.11. The maximum Gasteiger partial charge on any atom is 0.0462 e. The summed E-state index contributed by atoms with van der Waals surface area (Å²) in [6.07, 6.45) is 17.2. The van der Waals surface area contributed by atoms with Crippen LogP contribution in [0.3, 0.4) is 0 Å². The Morgan fingerprint density at radius 3 is 2.40 bits per heavy atom. The standard InChI is InChI=1S/C18H35NO/c1-20-15-9-3-8-14-19-18-13-7-6-12-17(18)16-10-4-2-5-11-16/h16-19H,2-15H2,1H3. The van der Waals surface area contributed by atoms with Gasteiger partial charge in [-0.05, 0) is 50.5 Å². The predicted octanol–water partition coefficient (Wildman–Crippen LogP) is 4.53. The van der Waals surface area contributed by atoms with E-state index in [1.807, 2.05) is 0 Å². The number of rotatable bonds is 8. The van der Waals surface area contributed by atoms with Gasteiger partial charge in [-0.3, -0.25) is 0 Å². The zero-order valence-electron chi connectivity index (χ0n) is 13.5. The molecule has 2 fully saturated rings. The average Bonchev–Trinajstić information content (AvgIpc) is 2.52. The summed E-state index contributed by atoms with van der Waals surface area (Å²) in [5.74, 6) is 2.03. The number of methoxy groups -OCH3 is 1. The molecule has 2 saturated carbocycles. The van der Waals surface area contributed by atoms with Gasteiger partial charge in [0, 0.05) is 19.8 Å². The minimum atomic E-state index is 0.828. The Hall–Kier alpha value is -0.0800. The van der Waals surface area contributed by atoms with Crippen molar-refractivity contribution in [2.75, 3.05) is 20.3 Å². The highest BCUT2D eigenvalue weighted by Gasteiger charge is 2.31. The minimum Gasteiger partial charge on any atom is -0.385 e.